The number of phenolic OH excluding ortho intramolecular Hbond substituents is 1. The van der Waals surface area contributed by atoms with Gasteiger partial charge < -0.3 is 10.4 Å². The van der Waals surface area contributed by atoms with Crippen LogP contribution in [-0.4, -0.2) is 16.3 Å². The number of hydrogen-bond acceptors (Lipinski definition) is 3. The van der Waals surface area contributed by atoms with E-state index < -0.39 is 0 Å². The molecule has 0 aliphatic carbocycles. The molecule has 102 valence electrons. The number of amides is 1. The molecule has 0 saturated carbocycles. The first-order chi connectivity index (χ1) is 9.63. The number of carbonyl (C=O) groups is 1. The monoisotopic (exact) mass is 285 g/mol. The Morgan fingerprint density at radius 1 is 1.30 bits per heavy atom. The van der Waals surface area contributed by atoms with Gasteiger partial charge in [0.15, 0.2) is 0 Å². The number of anilines is 1. The number of carbonyl (C=O) groups excluding carboxylic acids is 1. The zero-order valence-electron chi connectivity index (χ0n) is 11.1. The lowest BCUT2D eigenvalue weighted by Gasteiger charge is -2.11. The molecule has 3 rings (SSSR count). The minimum Gasteiger partial charge on any atom is -0.508 e. The molecule has 0 spiro atoms. The Labute approximate surface area is 122 Å². The van der Waals surface area contributed by atoms with E-state index in [2.05, 4.69) is 17.4 Å². The first-order valence-electron chi connectivity index (χ1n) is 6.48. The summed E-state index contributed by atoms with van der Waals surface area (Å²) >= 11 is 1.61. The molecule has 0 fully saturated rings. The van der Waals surface area contributed by atoms with Crippen LogP contribution in [0, 0.1) is 6.92 Å². The van der Waals surface area contributed by atoms with E-state index in [1.807, 2.05) is 19.1 Å². The lowest BCUT2D eigenvalue weighted by Crippen LogP contribution is -2.24. The van der Waals surface area contributed by atoms with Crippen LogP contribution in [0.2, 0.25) is 0 Å². The van der Waals surface area contributed by atoms with Gasteiger partial charge in [-0.05, 0) is 48.7 Å². The normalized spacial score (nSPS) is 16.8. The van der Waals surface area contributed by atoms with Crippen LogP contribution in [0.15, 0.2) is 47.4 Å². The fraction of sp³-hybridized carbons (Fsp3) is 0.188. The second-order valence-corrected chi connectivity index (χ2v) is 6.15. The largest absolute Gasteiger partial charge is 0.508 e. The second kappa shape index (κ2) is 5.21. The van der Waals surface area contributed by atoms with Gasteiger partial charge in [-0.25, -0.2) is 0 Å². The highest BCUT2D eigenvalue weighted by atomic mass is 32.2. The van der Waals surface area contributed by atoms with Crippen LogP contribution in [0.3, 0.4) is 0 Å². The Hall–Kier alpha value is -1.94. The lowest BCUT2D eigenvalue weighted by atomic mass is 10.1. The predicted octanol–water partition coefficient (Wildman–Crippen LogP) is 3.36. The lowest BCUT2D eigenvalue weighted by molar-refractivity contribution is -0.115. The van der Waals surface area contributed by atoms with E-state index in [0.717, 1.165) is 17.7 Å². The van der Waals surface area contributed by atoms with Crippen molar-refractivity contribution in [3.8, 4) is 5.75 Å². The van der Waals surface area contributed by atoms with Gasteiger partial charge >= 0.3 is 0 Å². The molecule has 0 aromatic heterocycles. The molecule has 1 heterocycles. The second-order valence-electron chi connectivity index (χ2n) is 4.91. The minimum atomic E-state index is -0.0819. The maximum atomic E-state index is 12.3. The van der Waals surface area contributed by atoms with Crippen molar-refractivity contribution in [1.82, 2.24) is 0 Å². The quantitative estimate of drug-likeness (QED) is 0.832. The van der Waals surface area contributed by atoms with Gasteiger partial charge in [-0.15, -0.1) is 11.8 Å². The van der Waals surface area contributed by atoms with Gasteiger partial charge in [-0.2, -0.15) is 0 Å². The molecule has 1 unspecified atom stereocenters. The van der Waals surface area contributed by atoms with Crippen molar-refractivity contribution < 1.29 is 9.90 Å². The maximum Gasteiger partial charge on any atom is 0.238 e. The van der Waals surface area contributed by atoms with Gasteiger partial charge in [0.05, 0.1) is 5.25 Å². The van der Waals surface area contributed by atoms with Crippen LogP contribution in [0.5, 0.6) is 5.75 Å². The van der Waals surface area contributed by atoms with Crippen LogP contribution >= 0.6 is 11.8 Å². The maximum absolute atomic E-state index is 12.3. The van der Waals surface area contributed by atoms with E-state index in [9.17, 15) is 9.90 Å². The standard InChI is InChI=1S/C16H15NO2S/c1-10-8-12(6-7-13(10)18)17-16(19)15-9-11-4-2-3-5-14(11)20-15/h2-8,15,18H,9H2,1H3,(H,17,19). The number of nitrogens with one attached hydrogen (secondary N) is 1. The number of benzene rings is 2. The average molecular weight is 285 g/mol. The SMILES string of the molecule is Cc1cc(NC(=O)C2Cc3ccccc3S2)ccc1O. The molecule has 3 nitrogen and oxygen atoms in total. The highest BCUT2D eigenvalue weighted by Gasteiger charge is 2.27. The molecule has 2 N–H and O–H groups in total. The Bertz CT molecular complexity index is 644. The molecule has 0 saturated heterocycles. The van der Waals surface area contributed by atoms with Crippen molar-refractivity contribution in [1.29, 1.82) is 0 Å². The fourth-order valence-corrected chi connectivity index (χ4v) is 3.48. The van der Waals surface area contributed by atoms with Gasteiger partial charge in [-0.3, -0.25) is 4.79 Å². The van der Waals surface area contributed by atoms with E-state index in [4.69, 9.17) is 0 Å². The molecular formula is C16H15NO2S. The first-order valence-corrected chi connectivity index (χ1v) is 7.36. The summed E-state index contributed by atoms with van der Waals surface area (Å²) in [7, 11) is 0. The highest BCUT2D eigenvalue weighted by molar-refractivity contribution is 8.01. The molecule has 4 heteroatoms. The summed E-state index contributed by atoms with van der Waals surface area (Å²) in [4.78, 5) is 13.5. The molecule has 2 aromatic carbocycles. The molecule has 1 aliphatic rings. The Kier molecular flexibility index (Phi) is 3.40. The van der Waals surface area contributed by atoms with Crippen LogP contribution in [0.1, 0.15) is 11.1 Å². The zero-order chi connectivity index (χ0) is 14.1. The van der Waals surface area contributed by atoms with Crippen molar-refractivity contribution in [2.75, 3.05) is 5.32 Å². The third-order valence-electron chi connectivity index (χ3n) is 3.40. The van der Waals surface area contributed by atoms with Crippen LogP contribution < -0.4 is 5.32 Å². The number of hydrogen-bond donors (Lipinski definition) is 2. The number of thioether (sulfide) groups is 1. The van der Waals surface area contributed by atoms with Crippen LogP contribution in [0.25, 0.3) is 0 Å². The number of rotatable bonds is 2. The topological polar surface area (TPSA) is 49.3 Å². The Morgan fingerprint density at radius 3 is 2.85 bits per heavy atom. The van der Waals surface area contributed by atoms with Crippen LogP contribution in [0.4, 0.5) is 5.69 Å². The number of aromatic hydroxyl groups is 1. The van der Waals surface area contributed by atoms with Gasteiger partial charge in [0.1, 0.15) is 5.75 Å². The Morgan fingerprint density at radius 2 is 2.10 bits per heavy atom. The smallest absolute Gasteiger partial charge is 0.238 e. The van der Waals surface area contributed by atoms with Crippen molar-refractivity contribution in [2.45, 2.75) is 23.5 Å². The molecule has 1 amide bonds. The number of aryl methyl sites for hydroxylation is 1. The van der Waals surface area contributed by atoms with E-state index in [1.165, 1.54) is 10.5 Å². The van der Waals surface area contributed by atoms with Crippen molar-refractivity contribution in [2.24, 2.45) is 0 Å². The molecule has 0 radical (unpaired) electrons. The van der Waals surface area contributed by atoms with Crippen LogP contribution in [-0.2, 0) is 11.2 Å². The summed E-state index contributed by atoms with van der Waals surface area (Å²) in [5.74, 6) is 0.252. The van der Waals surface area contributed by atoms with Crippen molar-refractivity contribution in [3.63, 3.8) is 0 Å². The van der Waals surface area contributed by atoms with Gasteiger partial charge in [0.25, 0.3) is 0 Å². The third-order valence-corrected chi connectivity index (χ3v) is 4.72. The van der Waals surface area contributed by atoms with E-state index in [0.29, 0.717) is 0 Å². The molecule has 0 bridgehead atoms. The van der Waals surface area contributed by atoms with Gasteiger partial charge in [0, 0.05) is 10.6 Å². The molecule has 1 aliphatic heterocycles. The predicted molar refractivity (Wildman–Crippen MR) is 81.3 cm³/mol. The number of phenols is 1. The van der Waals surface area contributed by atoms with E-state index in [1.54, 1.807) is 30.0 Å². The van der Waals surface area contributed by atoms with Crippen molar-refractivity contribution in [3.05, 3.63) is 53.6 Å². The summed E-state index contributed by atoms with van der Waals surface area (Å²) in [6.07, 6.45) is 0.768. The molecule has 20 heavy (non-hydrogen) atoms. The Balaban J connectivity index is 1.71. The molecule has 1 atom stereocenters. The fourth-order valence-electron chi connectivity index (χ4n) is 2.28. The zero-order valence-corrected chi connectivity index (χ0v) is 11.9. The molecular weight excluding hydrogens is 270 g/mol. The number of fused-ring (bicyclic) bond motifs is 1. The minimum absolute atomic E-state index is 0.0105. The van der Waals surface area contributed by atoms with E-state index in [-0.39, 0.29) is 16.9 Å². The molecule has 2 aromatic rings. The van der Waals surface area contributed by atoms with E-state index >= 15 is 0 Å². The van der Waals surface area contributed by atoms with Gasteiger partial charge in [-0.1, -0.05) is 18.2 Å². The summed E-state index contributed by atoms with van der Waals surface area (Å²) in [6.45, 7) is 1.81. The highest BCUT2D eigenvalue weighted by Crippen LogP contribution is 2.37. The summed E-state index contributed by atoms with van der Waals surface area (Å²) < 4.78 is 0. The first kappa shape index (κ1) is 13.1. The average Bonchev–Trinajstić information content (AvgIpc) is 2.87. The third kappa shape index (κ3) is 2.51. The summed E-state index contributed by atoms with van der Waals surface area (Å²) in [5.41, 5.74) is 2.71. The summed E-state index contributed by atoms with van der Waals surface area (Å²) in [5, 5.41) is 12.3. The van der Waals surface area contributed by atoms with Crippen molar-refractivity contribution >= 4 is 23.4 Å². The summed E-state index contributed by atoms with van der Waals surface area (Å²) in [6, 6.07) is 13.2. The van der Waals surface area contributed by atoms with Gasteiger partial charge in [0.2, 0.25) is 5.91 Å².